The van der Waals surface area contributed by atoms with Crippen molar-refractivity contribution in [3.8, 4) is 0 Å². The summed E-state index contributed by atoms with van der Waals surface area (Å²) in [5.41, 5.74) is 7.12. The summed E-state index contributed by atoms with van der Waals surface area (Å²) < 4.78 is 35.9. The number of aromatic amines is 1. The molecule has 1 atom stereocenters. The highest BCUT2D eigenvalue weighted by Gasteiger charge is 2.22. The van der Waals surface area contributed by atoms with Crippen LogP contribution in [-0.4, -0.2) is 30.2 Å². The van der Waals surface area contributed by atoms with Crippen LogP contribution < -0.4 is 11.1 Å². The van der Waals surface area contributed by atoms with Gasteiger partial charge in [-0.2, -0.15) is 0 Å². The smallest absolute Gasteiger partial charge is 0.407 e. The molecule has 3 rings (SSSR count). The number of hydrogen-bond donors (Lipinski definition) is 3. The Bertz CT molecular complexity index is 754. The second-order valence-corrected chi connectivity index (χ2v) is 4.50. The van der Waals surface area contributed by atoms with Gasteiger partial charge in [-0.25, -0.2) is 4.79 Å². The second kappa shape index (κ2) is 4.93. The number of ether oxygens (including phenoxy) is 1. The van der Waals surface area contributed by atoms with Crippen molar-refractivity contribution in [3.05, 3.63) is 35.5 Å². The Morgan fingerprint density at radius 1 is 1.53 bits per heavy atom. The maximum absolute atomic E-state index is 11.1. The first-order valence-corrected chi connectivity index (χ1v) is 6.01. The van der Waals surface area contributed by atoms with Gasteiger partial charge in [-0.3, -0.25) is 0 Å². The number of rotatable bonds is 4. The van der Waals surface area contributed by atoms with Crippen LogP contribution in [0.4, 0.5) is 4.79 Å². The first-order chi connectivity index (χ1) is 10.7. The quantitative estimate of drug-likeness (QED) is 0.778. The van der Waals surface area contributed by atoms with E-state index in [1.807, 2.05) is 6.07 Å². The van der Waals surface area contributed by atoms with E-state index < -0.39 is 19.0 Å². The average Bonchev–Trinajstić information content (AvgIpc) is 3.03. The molecular formula is C14H17N3O2. The van der Waals surface area contributed by atoms with E-state index in [0.29, 0.717) is 23.9 Å². The number of carbonyl (C=O) groups is 1. The summed E-state index contributed by atoms with van der Waals surface area (Å²) >= 11 is 0. The van der Waals surface area contributed by atoms with E-state index in [0.717, 1.165) is 5.56 Å². The summed E-state index contributed by atoms with van der Waals surface area (Å²) in [6.45, 7) is -2.21. The molecule has 0 aliphatic carbocycles. The number of amides is 1. The van der Waals surface area contributed by atoms with Crippen LogP contribution >= 0.6 is 0 Å². The summed E-state index contributed by atoms with van der Waals surface area (Å²) in [7, 11) is 0. The van der Waals surface area contributed by atoms with Gasteiger partial charge in [0.15, 0.2) is 0 Å². The maximum atomic E-state index is 11.1. The van der Waals surface area contributed by atoms with Crippen LogP contribution in [0.5, 0.6) is 0 Å². The lowest BCUT2D eigenvalue weighted by Gasteiger charge is -2.07. The van der Waals surface area contributed by atoms with Gasteiger partial charge in [-0.15, -0.1) is 0 Å². The van der Waals surface area contributed by atoms with Gasteiger partial charge < -0.3 is 20.8 Å². The Morgan fingerprint density at radius 2 is 2.42 bits per heavy atom. The summed E-state index contributed by atoms with van der Waals surface area (Å²) in [6, 6.07) is 5.34. The molecule has 1 aromatic heterocycles. The molecule has 0 spiro atoms. The minimum absolute atomic E-state index is 0.125. The molecule has 1 amide bonds. The molecule has 0 radical (unpaired) electrons. The van der Waals surface area contributed by atoms with Crippen molar-refractivity contribution in [1.82, 2.24) is 10.3 Å². The van der Waals surface area contributed by atoms with Crippen molar-refractivity contribution < 1.29 is 15.0 Å². The van der Waals surface area contributed by atoms with Gasteiger partial charge in [0.1, 0.15) is 6.61 Å². The lowest BCUT2D eigenvalue weighted by molar-refractivity contribution is 0.177. The topological polar surface area (TPSA) is 80.1 Å². The van der Waals surface area contributed by atoms with E-state index in [9.17, 15) is 4.79 Å². The standard InChI is InChI=1S/C14H17N3O2/c15-4-3-10-7-16-13-2-1-9(6-12(10)13)5-11-8-19-14(18)17-11/h1-2,6-7,11,16H,3-5,8,15H2,(H,17,18)/i3D2,4D2. The fourth-order valence-electron chi connectivity index (χ4n) is 2.30. The lowest BCUT2D eigenvalue weighted by atomic mass is 10.0. The minimum atomic E-state index is -2.51. The van der Waals surface area contributed by atoms with Gasteiger partial charge in [-0.1, -0.05) is 6.07 Å². The molecule has 5 heteroatoms. The van der Waals surface area contributed by atoms with Gasteiger partial charge in [0, 0.05) is 22.6 Å². The SMILES string of the molecule is [2H]C([2H])(N)C([2H])([2H])c1c[nH]c2ccc(CC3COC(=O)N3)cc12. The fourth-order valence-corrected chi connectivity index (χ4v) is 2.30. The minimum Gasteiger partial charge on any atom is -0.447 e. The number of carbonyl (C=O) groups excluding carboxylic acids is 1. The molecule has 1 saturated heterocycles. The molecule has 0 saturated carbocycles. The van der Waals surface area contributed by atoms with Crippen molar-refractivity contribution in [1.29, 1.82) is 0 Å². The molecule has 0 bridgehead atoms. The summed E-state index contributed by atoms with van der Waals surface area (Å²) in [5, 5.41) is 3.27. The molecule has 1 fully saturated rings. The molecule has 19 heavy (non-hydrogen) atoms. The molecule has 1 unspecified atom stereocenters. The zero-order valence-corrected chi connectivity index (χ0v) is 10.2. The van der Waals surface area contributed by atoms with Gasteiger partial charge >= 0.3 is 6.09 Å². The summed E-state index contributed by atoms with van der Waals surface area (Å²) in [4.78, 5) is 14.0. The molecule has 2 heterocycles. The second-order valence-electron chi connectivity index (χ2n) is 4.50. The number of fused-ring (bicyclic) bond motifs is 1. The van der Waals surface area contributed by atoms with Crippen LogP contribution in [0, 0.1) is 0 Å². The third-order valence-corrected chi connectivity index (χ3v) is 3.17. The Kier molecular flexibility index (Phi) is 2.13. The molecule has 5 nitrogen and oxygen atoms in total. The molecular weight excluding hydrogens is 242 g/mol. The van der Waals surface area contributed by atoms with Crippen LogP contribution in [0.2, 0.25) is 0 Å². The van der Waals surface area contributed by atoms with Crippen LogP contribution in [0.15, 0.2) is 24.4 Å². The van der Waals surface area contributed by atoms with Gasteiger partial charge in [0.05, 0.1) is 6.04 Å². The Morgan fingerprint density at radius 3 is 3.16 bits per heavy atom. The van der Waals surface area contributed by atoms with E-state index >= 15 is 0 Å². The van der Waals surface area contributed by atoms with E-state index in [4.69, 9.17) is 16.0 Å². The van der Waals surface area contributed by atoms with Gasteiger partial charge in [0.2, 0.25) is 0 Å². The van der Waals surface area contributed by atoms with Crippen molar-refractivity contribution in [2.24, 2.45) is 5.73 Å². The zero-order valence-electron chi connectivity index (χ0n) is 14.2. The number of aryl methyl sites for hydroxylation is 1. The third kappa shape index (κ3) is 2.42. The average molecular weight is 263 g/mol. The predicted molar refractivity (Wildman–Crippen MR) is 73.0 cm³/mol. The summed E-state index contributed by atoms with van der Waals surface area (Å²) in [5.74, 6) is 0. The highest BCUT2D eigenvalue weighted by molar-refractivity contribution is 5.84. The van der Waals surface area contributed by atoms with Crippen molar-refractivity contribution in [3.63, 3.8) is 0 Å². The van der Waals surface area contributed by atoms with Crippen LogP contribution in [0.25, 0.3) is 10.9 Å². The van der Waals surface area contributed by atoms with Crippen LogP contribution in [-0.2, 0) is 17.5 Å². The van der Waals surface area contributed by atoms with E-state index in [-0.39, 0.29) is 11.6 Å². The number of alkyl carbamates (subject to hydrolysis) is 1. The Labute approximate surface area is 116 Å². The first-order valence-electron chi connectivity index (χ1n) is 8.01. The number of benzene rings is 1. The lowest BCUT2D eigenvalue weighted by Crippen LogP contribution is -2.28. The predicted octanol–water partition coefficient (Wildman–Crippen LogP) is 1.32. The monoisotopic (exact) mass is 263 g/mol. The number of nitrogens with two attached hydrogens (primary N) is 1. The Hall–Kier alpha value is -2.01. The fraction of sp³-hybridized carbons (Fsp3) is 0.357. The number of hydrogen-bond acceptors (Lipinski definition) is 3. The highest BCUT2D eigenvalue weighted by Crippen LogP contribution is 2.21. The summed E-state index contributed by atoms with van der Waals surface area (Å²) in [6.07, 6.45) is -0.787. The molecule has 100 valence electrons. The van der Waals surface area contributed by atoms with E-state index in [2.05, 4.69) is 10.3 Å². The zero-order chi connectivity index (χ0) is 16.8. The van der Waals surface area contributed by atoms with Crippen molar-refractivity contribution in [2.45, 2.75) is 18.8 Å². The van der Waals surface area contributed by atoms with E-state index in [1.165, 1.54) is 6.20 Å². The van der Waals surface area contributed by atoms with E-state index in [1.54, 1.807) is 12.1 Å². The third-order valence-electron chi connectivity index (χ3n) is 3.17. The Balaban J connectivity index is 1.96. The number of H-pyrrole nitrogens is 1. The number of nitrogens with one attached hydrogen (secondary N) is 2. The molecule has 1 aromatic carbocycles. The van der Waals surface area contributed by atoms with Crippen molar-refractivity contribution in [2.75, 3.05) is 13.1 Å². The van der Waals surface area contributed by atoms with Crippen molar-refractivity contribution >= 4 is 17.0 Å². The van der Waals surface area contributed by atoms with Crippen LogP contribution in [0.3, 0.4) is 0 Å². The first kappa shape index (κ1) is 8.22. The maximum Gasteiger partial charge on any atom is 0.407 e. The normalized spacial score (nSPS) is 23.2. The molecule has 1 aliphatic rings. The van der Waals surface area contributed by atoms with Crippen LogP contribution in [0.1, 0.15) is 16.6 Å². The number of cyclic esters (lactones) is 1. The molecule has 1 aliphatic heterocycles. The van der Waals surface area contributed by atoms with Gasteiger partial charge in [0.25, 0.3) is 0 Å². The highest BCUT2D eigenvalue weighted by atomic mass is 16.6. The number of aromatic nitrogens is 1. The largest absolute Gasteiger partial charge is 0.447 e. The molecule has 2 aromatic rings. The molecule has 4 N–H and O–H groups in total. The van der Waals surface area contributed by atoms with Gasteiger partial charge in [-0.05, 0) is 42.6 Å².